The molecule has 0 N–H and O–H groups in total. The molecule has 0 unspecified atom stereocenters. The molecule has 0 spiro atoms. The van der Waals surface area contributed by atoms with E-state index in [0.717, 1.165) is 12.0 Å². The summed E-state index contributed by atoms with van der Waals surface area (Å²) in [5.41, 5.74) is 0.992. The summed E-state index contributed by atoms with van der Waals surface area (Å²) < 4.78 is 11.4. The number of nitrogens with zero attached hydrogens (tertiary/aromatic N) is 1. The van der Waals surface area contributed by atoms with Crippen molar-refractivity contribution in [3.63, 3.8) is 0 Å². The molecule has 0 radical (unpaired) electrons. The summed E-state index contributed by atoms with van der Waals surface area (Å²) in [6, 6.07) is 3.87. The molecule has 1 aliphatic heterocycles. The maximum atomic E-state index is 5.68. The van der Waals surface area contributed by atoms with Crippen LogP contribution in [-0.4, -0.2) is 17.2 Å². The van der Waals surface area contributed by atoms with Crippen molar-refractivity contribution in [3.05, 3.63) is 30.1 Å². The van der Waals surface area contributed by atoms with E-state index in [1.54, 1.807) is 12.4 Å². The average Bonchev–Trinajstić information content (AvgIpc) is 2.18. The van der Waals surface area contributed by atoms with Crippen molar-refractivity contribution >= 4 is 0 Å². The minimum absolute atomic E-state index is 0.248. The first-order valence-electron chi connectivity index (χ1n) is 4.96. The van der Waals surface area contributed by atoms with Gasteiger partial charge in [0.15, 0.2) is 6.29 Å². The first-order valence-corrected chi connectivity index (χ1v) is 4.96. The van der Waals surface area contributed by atoms with Gasteiger partial charge in [-0.3, -0.25) is 4.98 Å². The summed E-state index contributed by atoms with van der Waals surface area (Å²) in [6.07, 6.45) is 4.75. The summed E-state index contributed by atoms with van der Waals surface area (Å²) in [5.74, 6) is 0. The summed E-state index contributed by atoms with van der Waals surface area (Å²) in [7, 11) is 0. The van der Waals surface area contributed by atoms with Crippen LogP contribution in [0.4, 0.5) is 0 Å². The lowest BCUT2D eigenvalue weighted by Gasteiger charge is -2.32. The molecule has 2 rings (SSSR count). The Bertz CT molecular complexity index is 279. The van der Waals surface area contributed by atoms with Crippen molar-refractivity contribution in [2.75, 3.05) is 0 Å². The molecule has 0 saturated carbocycles. The number of ether oxygens (including phenoxy) is 2. The Morgan fingerprint density at radius 1 is 1.29 bits per heavy atom. The summed E-state index contributed by atoms with van der Waals surface area (Å²) >= 11 is 0. The molecule has 1 aromatic rings. The zero-order chi connectivity index (χ0) is 9.97. The monoisotopic (exact) mass is 193 g/mol. The maximum Gasteiger partial charge on any atom is 0.185 e. The number of pyridine rings is 1. The van der Waals surface area contributed by atoms with Gasteiger partial charge < -0.3 is 9.47 Å². The van der Waals surface area contributed by atoms with Crippen LogP contribution in [0.3, 0.4) is 0 Å². The topological polar surface area (TPSA) is 31.4 Å². The highest BCUT2D eigenvalue weighted by molar-refractivity contribution is 5.10. The zero-order valence-electron chi connectivity index (χ0n) is 8.51. The van der Waals surface area contributed by atoms with Gasteiger partial charge in [-0.05, 0) is 26.3 Å². The molecule has 3 heteroatoms. The second kappa shape index (κ2) is 4.07. The summed E-state index contributed by atoms with van der Waals surface area (Å²) in [6.45, 7) is 4.14. The van der Waals surface area contributed by atoms with Crippen molar-refractivity contribution in [2.24, 2.45) is 0 Å². The lowest BCUT2D eigenvalue weighted by molar-refractivity contribution is -0.239. The van der Waals surface area contributed by atoms with E-state index < -0.39 is 0 Å². The predicted molar refractivity (Wildman–Crippen MR) is 52.7 cm³/mol. The second-order valence-electron chi connectivity index (χ2n) is 3.75. The van der Waals surface area contributed by atoms with Crippen LogP contribution in [0.5, 0.6) is 0 Å². The fraction of sp³-hybridized carbons (Fsp3) is 0.545. The molecule has 0 bridgehead atoms. The van der Waals surface area contributed by atoms with Gasteiger partial charge in [0.25, 0.3) is 0 Å². The Morgan fingerprint density at radius 2 is 2.00 bits per heavy atom. The van der Waals surface area contributed by atoms with Crippen molar-refractivity contribution in [1.82, 2.24) is 4.98 Å². The third kappa shape index (κ3) is 2.11. The van der Waals surface area contributed by atoms with Crippen molar-refractivity contribution in [1.29, 1.82) is 0 Å². The van der Waals surface area contributed by atoms with Gasteiger partial charge in [-0.1, -0.05) is 6.07 Å². The molecule has 1 aromatic heterocycles. The fourth-order valence-corrected chi connectivity index (χ4v) is 1.71. The van der Waals surface area contributed by atoms with E-state index in [2.05, 4.69) is 18.8 Å². The molecule has 1 aliphatic rings. The van der Waals surface area contributed by atoms with Crippen molar-refractivity contribution in [3.8, 4) is 0 Å². The van der Waals surface area contributed by atoms with Gasteiger partial charge in [0.1, 0.15) is 0 Å². The zero-order valence-corrected chi connectivity index (χ0v) is 8.51. The summed E-state index contributed by atoms with van der Waals surface area (Å²) in [4.78, 5) is 4.05. The molecule has 3 nitrogen and oxygen atoms in total. The van der Waals surface area contributed by atoms with Crippen LogP contribution < -0.4 is 0 Å². The van der Waals surface area contributed by atoms with Gasteiger partial charge in [0, 0.05) is 18.0 Å². The van der Waals surface area contributed by atoms with E-state index >= 15 is 0 Å². The van der Waals surface area contributed by atoms with Crippen LogP contribution in [-0.2, 0) is 9.47 Å². The minimum atomic E-state index is -0.248. The van der Waals surface area contributed by atoms with Crippen LogP contribution in [0.2, 0.25) is 0 Å². The van der Waals surface area contributed by atoms with Crippen molar-refractivity contribution < 1.29 is 9.47 Å². The van der Waals surface area contributed by atoms with Crippen LogP contribution in [0.1, 0.15) is 32.1 Å². The molecule has 0 aromatic carbocycles. The molecule has 2 heterocycles. The molecule has 14 heavy (non-hydrogen) atoms. The Balaban J connectivity index is 2.11. The second-order valence-corrected chi connectivity index (χ2v) is 3.75. The number of hydrogen-bond donors (Lipinski definition) is 0. The Labute approximate surface area is 84.1 Å². The highest BCUT2D eigenvalue weighted by atomic mass is 16.7. The van der Waals surface area contributed by atoms with Gasteiger partial charge in [-0.2, -0.15) is 0 Å². The number of rotatable bonds is 1. The Kier molecular flexibility index (Phi) is 2.79. The predicted octanol–water partition coefficient (Wildman–Crippen LogP) is 2.29. The number of aromatic nitrogens is 1. The van der Waals surface area contributed by atoms with E-state index in [1.807, 2.05) is 12.1 Å². The van der Waals surface area contributed by atoms with E-state index in [9.17, 15) is 0 Å². The van der Waals surface area contributed by atoms with Crippen molar-refractivity contribution in [2.45, 2.75) is 38.8 Å². The van der Waals surface area contributed by atoms with Crippen LogP contribution >= 0.6 is 0 Å². The molecule has 0 amide bonds. The first kappa shape index (κ1) is 9.62. The third-order valence-electron chi connectivity index (χ3n) is 2.33. The lowest BCUT2D eigenvalue weighted by atomic mass is 10.1. The third-order valence-corrected chi connectivity index (χ3v) is 2.33. The first-order chi connectivity index (χ1) is 6.75. The SMILES string of the molecule is C[C@@H]1C[C@@H](C)OC(c2cccnc2)O1. The smallest absolute Gasteiger partial charge is 0.185 e. The van der Waals surface area contributed by atoms with Gasteiger partial charge in [-0.25, -0.2) is 0 Å². The Hall–Kier alpha value is -0.930. The van der Waals surface area contributed by atoms with Gasteiger partial charge in [0.05, 0.1) is 12.2 Å². The molecule has 1 saturated heterocycles. The van der Waals surface area contributed by atoms with Gasteiger partial charge in [-0.15, -0.1) is 0 Å². The Morgan fingerprint density at radius 3 is 2.57 bits per heavy atom. The standard InChI is InChI=1S/C11H15NO2/c1-8-6-9(2)14-11(13-8)10-4-3-5-12-7-10/h3-5,7-9,11H,6H2,1-2H3/t8-,9-/m1/s1. The van der Waals surface area contributed by atoms with Gasteiger partial charge >= 0.3 is 0 Å². The highest BCUT2D eigenvalue weighted by Crippen LogP contribution is 2.28. The maximum absolute atomic E-state index is 5.68. The molecule has 2 atom stereocenters. The largest absolute Gasteiger partial charge is 0.345 e. The minimum Gasteiger partial charge on any atom is -0.345 e. The highest BCUT2D eigenvalue weighted by Gasteiger charge is 2.25. The molecular weight excluding hydrogens is 178 g/mol. The molecule has 76 valence electrons. The molecule has 1 fully saturated rings. The van der Waals surface area contributed by atoms with Gasteiger partial charge in [0.2, 0.25) is 0 Å². The van der Waals surface area contributed by atoms with E-state index in [4.69, 9.17) is 9.47 Å². The molecular formula is C11H15NO2. The fourth-order valence-electron chi connectivity index (χ4n) is 1.71. The molecule has 0 aliphatic carbocycles. The van der Waals surface area contributed by atoms with E-state index in [1.165, 1.54) is 0 Å². The van der Waals surface area contributed by atoms with Crippen LogP contribution in [0.25, 0.3) is 0 Å². The quantitative estimate of drug-likeness (QED) is 0.685. The average molecular weight is 193 g/mol. The van der Waals surface area contributed by atoms with E-state index in [0.29, 0.717) is 0 Å². The number of hydrogen-bond acceptors (Lipinski definition) is 3. The van der Waals surface area contributed by atoms with Crippen LogP contribution in [0, 0.1) is 0 Å². The van der Waals surface area contributed by atoms with Crippen LogP contribution in [0.15, 0.2) is 24.5 Å². The summed E-state index contributed by atoms with van der Waals surface area (Å²) in [5, 5.41) is 0. The normalized spacial score (nSPS) is 32.9. The lowest BCUT2D eigenvalue weighted by Crippen LogP contribution is -2.30. The van der Waals surface area contributed by atoms with E-state index in [-0.39, 0.29) is 18.5 Å².